The minimum absolute atomic E-state index is 0.143. The van der Waals surface area contributed by atoms with Crippen molar-refractivity contribution in [1.29, 1.82) is 0 Å². The summed E-state index contributed by atoms with van der Waals surface area (Å²) in [4.78, 5) is 46.9. The van der Waals surface area contributed by atoms with Gasteiger partial charge in [-0.3, -0.25) is 19.1 Å². The van der Waals surface area contributed by atoms with Gasteiger partial charge in [0.2, 0.25) is 0 Å². The summed E-state index contributed by atoms with van der Waals surface area (Å²) in [6, 6.07) is 4.74. The number of anilines is 1. The maximum atomic E-state index is 14.2. The van der Waals surface area contributed by atoms with Crippen molar-refractivity contribution in [1.82, 2.24) is 19.4 Å². The highest BCUT2D eigenvalue weighted by Crippen LogP contribution is 2.24. The minimum atomic E-state index is -0.643. The van der Waals surface area contributed by atoms with Crippen LogP contribution in [0, 0.1) is 11.6 Å². The van der Waals surface area contributed by atoms with Crippen molar-refractivity contribution in [2.45, 2.75) is 19.4 Å². The lowest BCUT2D eigenvalue weighted by Gasteiger charge is -2.27. The van der Waals surface area contributed by atoms with Crippen LogP contribution in [0.2, 0.25) is 0 Å². The van der Waals surface area contributed by atoms with Crippen molar-refractivity contribution < 1.29 is 13.6 Å². The van der Waals surface area contributed by atoms with Crippen LogP contribution >= 0.6 is 0 Å². The molecule has 1 amide bonds. The van der Waals surface area contributed by atoms with Crippen molar-refractivity contribution in [3.05, 3.63) is 68.5 Å². The SMILES string of the molecule is CC1CCN(c2ccc(F)cc2F)CCN1C(=O)c1cnc2c(c1)c(=O)[nH]c(=O)n2C. The fraction of sp³-hybridized carbons (Fsp3) is 0.333. The summed E-state index contributed by atoms with van der Waals surface area (Å²) >= 11 is 0. The molecule has 1 aliphatic rings. The average molecular weight is 429 g/mol. The molecule has 1 saturated heterocycles. The molecule has 1 aliphatic heterocycles. The van der Waals surface area contributed by atoms with Gasteiger partial charge in [-0.25, -0.2) is 18.6 Å². The third-order valence-corrected chi connectivity index (χ3v) is 5.67. The van der Waals surface area contributed by atoms with E-state index in [-0.39, 0.29) is 28.5 Å². The van der Waals surface area contributed by atoms with E-state index in [0.717, 1.165) is 6.07 Å². The number of halogens is 2. The number of benzene rings is 1. The number of nitrogens with zero attached hydrogens (tertiary/aromatic N) is 4. The third kappa shape index (κ3) is 3.80. The van der Waals surface area contributed by atoms with Crippen LogP contribution in [0.25, 0.3) is 11.0 Å². The quantitative estimate of drug-likeness (QED) is 0.669. The number of aromatic amines is 1. The van der Waals surface area contributed by atoms with Crippen LogP contribution in [-0.2, 0) is 7.05 Å². The zero-order chi connectivity index (χ0) is 22.3. The Morgan fingerprint density at radius 1 is 1.16 bits per heavy atom. The molecule has 1 fully saturated rings. The molecule has 1 N–H and O–H groups in total. The van der Waals surface area contributed by atoms with E-state index in [9.17, 15) is 23.2 Å². The van der Waals surface area contributed by atoms with Crippen LogP contribution in [-0.4, -0.2) is 51.0 Å². The van der Waals surface area contributed by atoms with Gasteiger partial charge in [-0.05, 0) is 31.5 Å². The van der Waals surface area contributed by atoms with E-state index >= 15 is 0 Å². The number of H-pyrrole nitrogens is 1. The zero-order valence-electron chi connectivity index (χ0n) is 17.1. The molecule has 0 saturated carbocycles. The number of fused-ring (bicyclic) bond motifs is 1. The molecule has 10 heteroatoms. The minimum Gasteiger partial charge on any atom is -0.367 e. The normalized spacial score (nSPS) is 17.1. The van der Waals surface area contributed by atoms with E-state index in [2.05, 4.69) is 9.97 Å². The summed E-state index contributed by atoms with van der Waals surface area (Å²) in [7, 11) is 1.48. The number of carbonyl (C=O) groups is 1. The molecule has 0 spiro atoms. The van der Waals surface area contributed by atoms with Gasteiger partial charge in [0.25, 0.3) is 11.5 Å². The largest absolute Gasteiger partial charge is 0.367 e. The topological polar surface area (TPSA) is 91.3 Å². The average Bonchev–Trinajstić information content (AvgIpc) is 2.93. The molecular weight excluding hydrogens is 408 g/mol. The molecule has 31 heavy (non-hydrogen) atoms. The van der Waals surface area contributed by atoms with Crippen LogP contribution in [0.4, 0.5) is 14.5 Å². The van der Waals surface area contributed by atoms with Gasteiger partial charge in [0, 0.05) is 45.0 Å². The Balaban J connectivity index is 1.61. The Morgan fingerprint density at radius 2 is 1.94 bits per heavy atom. The molecule has 8 nitrogen and oxygen atoms in total. The molecule has 0 aliphatic carbocycles. The summed E-state index contributed by atoms with van der Waals surface area (Å²) in [5.41, 5.74) is -0.486. The van der Waals surface area contributed by atoms with E-state index in [1.54, 1.807) is 9.80 Å². The molecule has 1 atom stereocenters. The first-order valence-corrected chi connectivity index (χ1v) is 9.86. The van der Waals surface area contributed by atoms with E-state index < -0.39 is 22.9 Å². The first-order chi connectivity index (χ1) is 14.8. The van der Waals surface area contributed by atoms with Gasteiger partial charge in [-0.15, -0.1) is 0 Å². The molecule has 2 aromatic heterocycles. The van der Waals surface area contributed by atoms with Crippen molar-refractivity contribution >= 4 is 22.6 Å². The lowest BCUT2D eigenvalue weighted by molar-refractivity contribution is 0.0705. The Hall–Kier alpha value is -3.56. The molecule has 0 bridgehead atoms. The summed E-state index contributed by atoms with van der Waals surface area (Å²) in [6.07, 6.45) is 1.93. The predicted octanol–water partition coefficient (Wildman–Crippen LogP) is 1.64. The molecule has 3 heterocycles. The second kappa shape index (κ2) is 7.93. The van der Waals surface area contributed by atoms with E-state index in [0.29, 0.717) is 31.7 Å². The van der Waals surface area contributed by atoms with Gasteiger partial charge < -0.3 is 9.80 Å². The van der Waals surface area contributed by atoms with Crippen molar-refractivity contribution in [3.8, 4) is 0 Å². The van der Waals surface area contributed by atoms with Crippen LogP contribution in [0.3, 0.4) is 0 Å². The number of hydrogen-bond acceptors (Lipinski definition) is 5. The zero-order valence-corrected chi connectivity index (χ0v) is 17.1. The summed E-state index contributed by atoms with van der Waals surface area (Å²) in [5.74, 6) is -1.59. The van der Waals surface area contributed by atoms with Gasteiger partial charge in [-0.2, -0.15) is 0 Å². The molecule has 162 valence electrons. The van der Waals surface area contributed by atoms with Gasteiger partial charge >= 0.3 is 5.69 Å². The van der Waals surface area contributed by atoms with E-state index in [1.807, 2.05) is 6.92 Å². The van der Waals surface area contributed by atoms with Gasteiger partial charge in [0.15, 0.2) is 0 Å². The Morgan fingerprint density at radius 3 is 2.68 bits per heavy atom. The van der Waals surface area contributed by atoms with Crippen LogP contribution in [0.1, 0.15) is 23.7 Å². The fourth-order valence-electron chi connectivity index (χ4n) is 3.86. The third-order valence-electron chi connectivity index (χ3n) is 5.67. The smallest absolute Gasteiger partial charge is 0.329 e. The number of aryl methyl sites for hydroxylation is 1. The molecule has 1 aromatic carbocycles. The summed E-state index contributed by atoms with van der Waals surface area (Å²) < 4.78 is 28.6. The fourth-order valence-corrected chi connectivity index (χ4v) is 3.86. The highest BCUT2D eigenvalue weighted by molar-refractivity contribution is 5.97. The number of nitrogens with one attached hydrogen (secondary N) is 1. The van der Waals surface area contributed by atoms with Gasteiger partial charge in [-0.1, -0.05) is 0 Å². The lowest BCUT2D eigenvalue weighted by Crippen LogP contribution is -2.40. The van der Waals surface area contributed by atoms with E-state index in [4.69, 9.17) is 0 Å². The maximum absolute atomic E-state index is 14.2. The number of rotatable bonds is 2. The summed E-state index contributed by atoms with van der Waals surface area (Å²) in [5, 5.41) is 0.144. The summed E-state index contributed by atoms with van der Waals surface area (Å²) in [6.45, 7) is 3.09. The standard InChI is InChI=1S/C21H21F2N5O3/c1-12-5-6-27(17-4-3-14(22)10-16(17)23)7-8-28(12)20(30)13-9-15-18(24-11-13)26(2)21(31)25-19(15)29/h3-4,9-12H,5-8H2,1-2H3,(H,25,29,31). The van der Waals surface area contributed by atoms with Crippen molar-refractivity contribution in [2.24, 2.45) is 7.05 Å². The Labute approximate surface area is 175 Å². The first-order valence-electron chi connectivity index (χ1n) is 9.86. The van der Waals surface area contributed by atoms with Crippen LogP contribution in [0.15, 0.2) is 40.1 Å². The molecule has 1 unspecified atom stereocenters. The number of aromatic nitrogens is 3. The molecular formula is C21H21F2N5O3. The van der Waals surface area contributed by atoms with Crippen molar-refractivity contribution in [2.75, 3.05) is 24.5 Å². The highest BCUT2D eigenvalue weighted by Gasteiger charge is 2.27. The van der Waals surface area contributed by atoms with Crippen LogP contribution in [0.5, 0.6) is 0 Å². The number of carbonyl (C=O) groups excluding carboxylic acids is 1. The van der Waals surface area contributed by atoms with Gasteiger partial charge in [0.05, 0.1) is 16.6 Å². The second-order valence-electron chi connectivity index (χ2n) is 7.63. The number of amides is 1. The molecule has 3 aromatic rings. The second-order valence-corrected chi connectivity index (χ2v) is 7.63. The predicted molar refractivity (Wildman–Crippen MR) is 111 cm³/mol. The maximum Gasteiger partial charge on any atom is 0.329 e. The first kappa shape index (κ1) is 20.7. The van der Waals surface area contributed by atoms with E-state index in [1.165, 1.54) is 36.0 Å². The number of pyridine rings is 1. The van der Waals surface area contributed by atoms with Gasteiger partial charge in [0.1, 0.15) is 17.3 Å². The Kier molecular flexibility index (Phi) is 5.30. The lowest BCUT2D eigenvalue weighted by atomic mass is 10.1. The highest BCUT2D eigenvalue weighted by atomic mass is 19.1. The number of hydrogen-bond donors (Lipinski definition) is 1. The monoisotopic (exact) mass is 429 g/mol. The van der Waals surface area contributed by atoms with Crippen LogP contribution < -0.4 is 16.1 Å². The molecule has 4 rings (SSSR count). The molecule has 0 radical (unpaired) electrons. The van der Waals surface area contributed by atoms with Crippen molar-refractivity contribution in [3.63, 3.8) is 0 Å². The Bertz CT molecular complexity index is 1290.